The van der Waals surface area contributed by atoms with E-state index in [1.807, 2.05) is 48.5 Å². The summed E-state index contributed by atoms with van der Waals surface area (Å²) in [5, 5.41) is 4.77. The Kier molecular flexibility index (Phi) is 6.45. The molecule has 1 unspecified atom stereocenters. The first kappa shape index (κ1) is 25.3. The van der Waals surface area contributed by atoms with Crippen LogP contribution >= 0.6 is 22.9 Å². The highest BCUT2D eigenvalue weighted by Crippen LogP contribution is 2.35. The van der Waals surface area contributed by atoms with E-state index >= 15 is 0 Å². The zero-order valence-electron chi connectivity index (χ0n) is 21.6. The van der Waals surface area contributed by atoms with Crippen LogP contribution < -0.4 is 14.9 Å². The smallest absolute Gasteiger partial charge is 0.338 e. The predicted octanol–water partition coefficient (Wildman–Crippen LogP) is 6.15. The largest absolute Gasteiger partial charge is 0.459 e. The topological polar surface area (TPSA) is 60.7 Å². The van der Waals surface area contributed by atoms with Gasteiger partial charge in [0.15, 0.2) is 4.80 Å². The van der Waals surface area contributed by atoms with E-state index in [0.29, 0.717) is 31.2 Å². The highest BCUT2D eigenvalue weighted by Gasteiger charge is 2.34. The third kappa shape index (κ3) is 4.40. The number of nitrogens with zero attached hydrogens (tertiary/aromatic N) is 2. The molecule has 1 atom stereocenters. The molecule has 0 fully saturated rings. The summed E-state index contributed by atoms with van der Waals surface area (Å²) in [5.74, 6) is -0.509. The number of esters is 1. The number of carbonyl (C=O) groups excluding carboxylic acids is 1. The number of thiazole rings is 1. The summed E-state index contributed by atoms with van der Waals surface area (Å²) in [6, 6.07) is 25.0. The van der Waals surface area contributed by atoms with Crippen molar-refractivity contribution in [2.45, 2.75) is 32.9 Å². The molecule has 2 heterocycles. The average Bonchev–Trinajstić information content (AvgIpc) is 3.22. The highest BCUT2D eigenvalue weighted by molar-refractivity contribution is 7.07. The Morgan fingerprint density at radius 3 is 2.26 bits per heavy atom. The fourth-order valence-corrected chi connectivity index (χ4v) is 6.45. The lowest BCUT2D eigenvalue weighted by Crippen LogP contribution is -2.40. The van der Waals surface area contributed by atoms with E-state index in [2.05, 4.69) is 30.3 Å². The SMILES string of the molecule is CC1=C(C(=O)OC(C)C)C(c2ccccc2Cl)n2c(sc(=Cc3c4ccccc4cc4ccccc34)c2=O)=N1. The van der Waals surface area contributed by atoms with Crippen molar-refractivity contribution in [2.75, 3.05) is 0 Å². The molecule has 0 amide bonds. The lowest BCUT2D eigenvalue weighted by atomic mass is 9.95. The Morgan fingerprint density at radius 2 is 1.62 bits per heavy atom. The van der Waals surface area contributed by atoms with Crippen LogP contribution in [0.5, 0.6) is 0 Å². The number of halogens is 1. The quantitative estimate of drug-likeness (QED) is 0.198. The maximum atomic E-state index is 14.1. The van der Waals surface area contributed by atoms with E-state index in [-0.39, 0.29) is 11.7 Å². The molecule has 0 saturated carbocycles. The number of hydrogen-bond donors (Lipinski definition) is 0. The van der Waals surface area contributed by atoms with E-state index in [9.17, 15) is 9.59 Å². The molecule has 1 aromatic heterocycles. The Balaban J connectivity index is 1.65. The van der Waals surface area contributed by atoms with Crippen molar-refractivity contribution in [3.8, 4) is 0 Å². The molecule has 0 aliphatic carbocycles. The van der Waals surface area contributed by atoms with Gasteiger partial charge in [-0.2, -0.15) is 0 Å². The summed E-state index contributed by atoms with van der Waals surface area (Å²) in [6.07, 6.45) is 1.62. The Hall–Kier alpha value is -4.00. The Bertz CT molecular complexity index is 1950. The van der Waals surface area contributed by atoms with Crippen LogP contribution in [0.1, 0.15) is 37.9 Å². The number of aromatic nitrogens is 1. The van der Waals surface area contributed by atoms with Gasteiger partial charge in [0.05, 0.1) is 21.9 Å². The van der Waals surface area contributed by atoms with E-state index in [1.54, 1.807) is 31.4 Å². The summed E-state index contributed by atoms with van der Waals surface area (Å²) in [4.78, 5) is 32.7. The molecule has 0 saturated heterocycles. The predicted molar refractivity (Wildman–Crippen MR) is 158 cm³/mol. The number of fused-ring (bicyclic) bond motifs is 3. The van der Waals surface area contributed by atoms with Crippen LogP contribution in [-0.2, 0) is 9.53 Å². The first-order chi connectivity index (χ1) is 18.8. The van der Waals surface area contributed by atoms with Crippen molar-refractivity contribution in [2.24, 2.45) is 4.99 Å². The van der Waals surface area contributed by atoms with Crippen LogP contribution in [0.4, 0.5) is 0 Å². The van der Waals surface area contributed by atoms with Gasteiger partial charge in [0.25, 0.3) is 5.56 Å². The second kappa shape index (κ2) is 9.95. The molecule has 194 valence electrons. The molecule has 7 heteroatoms. The van der Waals surface area contributed by atoms with Crippen LogP contribution in [0.15, 0.2) is 99.9 Å². The lowest BCUT2D eigenvalue weighted by Gasteiger charge is -2.26. The molecule has 5 nitrogen and oxygen atoms in total. The summed E-state index contributed by atoms with van der Waals surface area (Å²) < 4.78 is 7.69. The van der Waals surface area contributed by atoms with Crippen LogP contribution in [0.25, 0.3) is 27.6 Å². The molecule has 4 aromatic carbocycles. The summed E-state index contributed by atoms with van der Waals surface area (Å²) in [7, 11) is 0. The van der Waals surface area contributed by atoms with Crippen LogP contribution in [0.3, 0.4) is 0 Å². The first-order valence-corrected chi connectivity index (χ1v) is 13.9. The highest BCUT2D eigenvalue weighted by atomic mass is 35.5. The van der Waals surface area contributed by atoms with Gasteiger partial charge in [-0.05, 0) is 71.7 Å². The van der Waals surface area contributed by atoms with E-state index < -0.39 is 12.0 Å². The molecule has 5 aromatic rings. The monoisotopic (exact) mass is 552 g/mol. The zero-order chi connectivity index (χ0) is 27.3. The van der Waals surface area contributed by atoms with Gasteiger partial charge < -0.3 is 4.74 Å². The van der Waals surface area contributed by atoms with Gasteiger partial charge in [-0.25, -0.2) is 9.79 Å². The maximum absolute atomic E-state index is 14.1. The number of benzene rings is 4. The van der Waals surface area contributed by atoms with Gasteiger partial charge in [-0.1, -0.05) is 89.7 Å². The molecule has 0 N–H and O–H groups in total. The lowest BCUT2D eigenvalue weighted by molar-refractivity contribution is -0.143. The summed E-state index contributed by atoms with van der Waals surface area (Å²) >= 11 is 7.95. The van der Waals surface area contributed by atoms with E-state index in [4.69, 9.17) is 21.3 Å². The molecule has 1 aliphatic heterocycles. The number of allylic oxidation sites excluding steroid dienone is 1. The van der Waals surface area contributed by atoms with Crippen LogP contribution in [0.2, 0.25) is 5.02 Å². The van der Waals surface area contributed by atoms with Gasteiger partial charge >= 0.3 is 5.97 Å². The van der Waals surface area contributed by atoms with Crippen molar-refractivity contribution >= 4 is 56.5 Å². The van der Waals surface area contributed by atoms with Crippen molar-refractivity contribution in [3.05, 3.63) is 126 Å². The molecule has 6 rings (SSSR count). The van der Waals surface area contributed by atoms with Crippen molar-refractivity contribution < 1.29 is 9.53 Å². The van der Waals surface area contributed by atoms with Gasteiger partial charge in [0.2, 0.25) is 0 Å². The zero-order valence-corrected chi connectivity index (χ0v) is 23.2. The molecular weight excluding hydrogens is 528 g/mol. The molecule has 0 bridgehead atoms. The van der Waals surface area contributed by atoms with Crippen LogP contribution in [0, 0.1) is 0 Å². The summed E-state index contributed by atoms with van der Waals surface area (Å²) in [6.45, 7) is 5.36. The third-order valence-electron chi connectivity index (χ3n) is 6.87. The molecule has 1 aliphatic rings. The Labute approximate surface area is 234 Å². The summed E-state index contributed by atoms with van der Waals surface area (Å²) in [5.41, 5.74) is 2.20. The Morgan fingerprint density at radius 1 is 1.00 bits per heavy atom. The minimum Gasteiger partial charge on any atom is -0.459 e. The minimum absolute atomic E-state index is 0.233. The molecule has 0 radical (unpaired) electrons. The van der Waals surface area contributed by atoms with Gasteiger partial charge in [0, 0.05) is 5.02 Å². The van der Waals surface area contributed by atoms with Gasteiger partial charge in [-0.15, -0.1) is 0 Å². The fraction of sp³-hybridized carbons (Fsp3) is 0.156. The van der Waals surface area contributed by atoms with Crippen molar-refractivity contribution in [1.82, 2.24) is 4.57 Å². The normalized spacial score (nSPS) is 15.6. The minimum atomic E-state index is -0.757. The van der Waals surface area contributed by atoms with E-state index in [0.717, 1.165) is 27.1 Å². The molecule has 39 heavy (non-hydrogen) atoms. The number of carbonyl (C=O) groups is 1. The van der Waals surface area contributed by atoms with Crippen molar-refractivity contribution in [3.63, 3.8) is 0 Å². The standard InChI is InChI=1S/C32H25ClN2O3S/c1-18(2)38-31(37)28-19(3)34-32-35(29(28)24-14-8-9-15-26(24)33)30(36)27(39-32)17-25-22-12-6-4-10-20(22)16-21-11-5-7-13-23(21)25/h4-18,29H,1-3H3. The fourth-order valence-electron chi connectivity index (χ4n) is 5.19. The molecular formula is C32H25ClN2O3S. The number of rotatable bonds is 4. The van der Waals surface area contributed by atoms with Gasteiger partial charge in [-0.3, -0.25) is 9.36 Å². The average molecular weight is 553 g/mol. The second-order valence-corrected chi connectivity index (χ2v) is 11.2. The van der Waals surface area contributed by atoms with Crippen LogP contribution in [-0.4, -0.2) is 16.6 Å². The maximum Gasteiger partial charge on any atom is 0.338 e. The molecule has 0 spiro atoms. The first-order valence-electron chi connectivity index (χ1n) is 12.7. The number of hydrogen-bond acceptors (Lipinski definition) is 5. The van der Waals surface area contributed by atoms with Crippen molar-refractivity contribution in [1.29, 1.82) is 0 Å². The van der Waals surface area contributed by atoms with Gasteiger partial charge in [0.1, 0.15) is 6.04 Å². The number of ether oxygens (including phenoxy) is 1. The van der Waals surface area contributed by atoms with E-state index in [1.165, 1.54) is 11.3 Å². The third-order valence-corrected chi connectivity index (χ3v) is 8.20. The second-order valence-electron chi connectivity index (χ2n) is 9.79.